The summed E-state index contributed by atoms with van der Waals surface area (Å²) in [5.41, 5.74) is 7.26. The van der Waals surface area contributed by atoms with Gasteiger partial charge in [0.05, 0.1) is 0 Å². The number of amides is 1. The van der Waals surface area contributed by atoms with E-state index < -0.39 is 0 Å². The lowest BCUT2D eigenvalue weighted by molar-refractivity contribution is -0.127. The molecule has 1 fully saturated rings. The first-order chi connectivity index (χ1) is 8.50. The Morgan fingerprint density at radius 2 is 2.33 bits per heavy atom. The van der Waals surface area contributed by atoms with Crippen molar-refractivity contribution in [1.82, 2.24) is 4.90 Å². The number of thiocarbonyl (C=S) groups is 1. The number of likely N-dealkylation sites (N-methyl/N-ethyl adjacent to an activating group) is 1. The van der Waals surface area contributed by atoms with E-state index in [1.165, 1.54) is 0 Å². The number of rotatable bonds is 3. The summed E-state index contributed by atoms with van der Waals surface area (Å²) in [4.78, 5) is 13.9. The van der Waals surface area contributed by atoms with Gasteiger partial charge in [0.1, 0.15) is 11.0 Å². The lowest BCUT2D eigenvalue weighted by atomic mass is 10.1. The SMILES string of the molecule is CN1CCC(Nc2cccc(Br)c2C(N)=S)C1=O. The molecule has 1 unspecified atom stereocenters. The van der Waals surface area contributed by atoms with E-state index in [4.69, 9.17) is 18.0 Å². The maximum Gasteiger partial charge on any atom is 0.244 e. The molecule has 0 spiro atoms. The molecule has 1 aliphatic rings. The van der Waals surface area contributed by atoms with Gasteiger partial charge in [-0.1, -0.05) is 18.3 Å². The van der Waals surface area contributed by atoms with Gasteiger partial charge in [0.15, 0.2) is 0 Å². The van der Waals surface area contributed by atoms with Gasteiger partial charge in [-0.05, 0) is 34.5 Å². The average molecular weight is 328 g/mol. The maximum atomic E-state index is 11.9. The fourth-order valence-electron chi connectivity index (χ4n) is 2.04. The Morgan fingerprint density at radius 1 is 1.61 bits per heavy atom. The number of carbonyl (C=O) groups is 1. The van der Waals surface area contributed by atoms with Crippen molar-refractivity contribution in [3.8, 4) is 0 Å². The van der Waals surface area contributed by atoms with E-state index >= 15 is 0 Å². The van der Waals surface area contributed by atoms with Crippen molar-refractivity contribution in [3.63, 3.8) is 0 Å². The third-order valence-corrected chi connectivity index (χ3v) is 3.88. The molecular weight excluding hydrogens is 314 g/mol. The quantitative estimate of drug-likeness (QED) is 0.830. The number of nitrogens with two attached hydrogens (primary N) is 1. The molecule has 1 saturated heterocycles. The van der Waals surface area contributed by atoms with Crippen LogP contribution in [0.5, 0.6) is 0 Å². The van der Waals surface area contributed by atoms with E-state index in [1.54, 1.807) is 11.9 Å². The first-order valence-electron chi connectivity index (χ1n) is 5.60. The summed E-state index contributed by atoms with van der Waals surface area (Å²) < 4.78 is 0.832. The fraction of sp³-hybridized carbons (Fsp3) is 0.333. The number of benzene rings is 1. The molecule has 1 atom stereocenters. The molecule has 96 valence electrons. The van der Waals surface area contributed by atoms with Crippen molar-refractivity contribution in [2.45, 2.75) is 12.5 Å². The first kappa shape index (κ1) is 13.3. The summed E-state index contributed by atoms with van der Waals surface area (Å²) in [6.07, 6.45) is 0.790. The van der Waals surface area contributed by atoms with Crippen molar-refractivity contribution < 1.29 is 4.79 Å². The minimum absolute atomic E-state index is 0.101. The molecule has 4 nitrogen and oxygen atoms in total. The van der Waals surface area contributed by atoms with Crippen LogP contribution >= 0.6 is 28.1 Å². The molecular formula is C12H14BrN3OS. The lowest BCUT2D eigenvalue weighted by Crippen LogP contribution is -2.31. The number of carbonyl (C=O) groups excluding carboxylic acids is 1. The molecule has 1 aliphatic heterocycles. The van der Waals surface area contributed by atoms with Crippen LogP contribution in [0.15, 0.2) is 22.7 Å². The Labute approximate surface area is 120 Å². The Morgan fingerprint density at radius 3 is 2.89 bits per heavy atom. The van der Waals surface area contributed by atoms with Gasteiger partial charge >= 0.3 is 0 Å². The molecule has 2 rings (SSSR count). The summed E-state index contributed by atoms with van der Waals surface area (Å²) in [5, 5.41) is 3.22. The van der Waals surface area contributed by atoms with Gasteiger partial charge < -0.3 is 16.0 Å². The van der Waals surface area contributed by atoms with Gasteiger partial charge in [-0.25, -0.2) is 0 Å². The highest BCUT2D eigenvalue weighted by Crippen LogP contribution is 2.26. The number of hydrogen-bond donors (Lipinski definition) is 2. The van der Waals surface area contributed by atoms with Crippen molar-refractivity contribution in [1.29, 1.82) is 0 Å². The zero-order valence-corrected chi connectivity index (χ0v) is 12.3. The molecule has 0 aliphatic carbocycles. The van der Waals surface area contributed by atoms with Crippen LogP contribution in [0.4, 0.5) is 5.69 Å². The monoisotopic (exact) mass is 327 g/mol. The smallest absolute Gasteiger partial charge is 0.244 e. The van der Waals surface area contributed by atoms with Crippen molar-refractivity contribution >= 4 is 44.7 Å². The maximum absolute atomic E-state index is 11.9. The van der Waals surface area contributed by atoms with E-state index in [0.717, 1.165) is 28.7 Å². The van der Waals surface area contributed by atoms with E-state index in [1.807, 2.05) is 18.2 Å². The molecule has 3 N–H and O–H groups in total. The molecule has 0 saturated carbocycles. The van der Waals surface area contributed by atoms with Crippen LogP contribution in [0.2, 0.25) is 0 Å². The second kappa shape index (κ2) is 5.24. The predicted octanol–water partition coefficient (Wildman–Crippen LogP) is 1.73. The van der Waals surface area contributed by atoms with Crippen molar-refractivity contribution in [2.75, 3.05) is 18.9 Å². The van der Waals surface area contributed by atoms with Gasteiger partial charge in [0, 0.05) is 29.3 Å². The number of halogens is 1. The molecule has 1 aromatic rings. The van der Waals surface area contributed by atoms with Gasteiger partial charge in [-0.3, -0.25) is 4.79 Å². The molecule has 1 aromatic carbocycles. The Kier molecular flexibility index (Phi) is 3.87. The zero-order chi connectivity index (χ0) is 13.3. The van der Waals surface area contributed by atoms with Crippen molar-refractivity contribution in [3.05, 3.63) is 28.2 Å². The van der Waals surface area contributed by atoms with Crippen LogP contribution in [-0.2, 0) is 4.79 Å². The first-order valence-corrected chi connectivity index (χ1v) is 6.80. The summed E-state index contributed by atoms with van der Waals surface area (Å²) in [6, 6.07) is 5.45. The molecule has 0 radical (unpaired) electrons. The number of nitrogens with one attached hydrogen (secondary N) is 1. The van der Waals surface area contributed by atoms with Gasteiger partial charge in [-0.15, -0.1) is 0 Å². The predicted molar refractivity (Wildman–Crippen MR) is 79.7 cm³/mol. The largest absolute Gasteiger partial charge is 0.389 e. The number of likely N-dealkylation sites (tertiary alicyclic amines) is 1. The number of anilines is 1. The Bertz CT molecular complexity index is 506. The van der Waals surface area contributed by atoms with Crippen LogP contribution in [0.3, 0.4) is 0 Å². The number of nitrogens with zero attached hydrogens (tertiary/aromatic N) is 1. The topological polar surface area (TPSA) is 58.4 Å². The summed E-state index contributed by atoms with van der Waals surface area (Å²) in [6.45, 7) is 0.771. The Balaban J connectivity index is 2.27. The van der Waals surface area contributed by atoms with Crippen LogP contribution in [0.25, 0.3) is 0 Å². The molecule has 0 bridgehead atoms. The van der Waals surface area contributed by atoms with Crippen LogP contribution in [0.1, 0.15) is 12.0 Å². The zero-order valence-electron chi connectivity index (χ0n) is 9.94. The van der Waals surface area contributed by atoms with Gasteiger partial charge in [-0.2, -0.15) is 0 Å². The van der Waals surface area contributed by atoms with Crippen molar-refractivity contribution in [2.24, 2.45) is 5.73 Å². The molecule has 0 aromatic heterocycles. The lowest BCUT2D eigenvalue weighted by Gasteiger charge is -2.17. The second-order valence-electron chi connectivity index (χ2n) is 4.27. The molecule has 18 heavy (non-hydrogen) atoms. The summed E-state index contributed by atoms with van der Waals surface area (Å²) in [7, 11) is 1.80. The third kappa shape index (κ3) is 2.49. The molecule has 1 amide bonds. The van der Waals surface area contributed by atoms with Gasteiger partial charge in [0.25, 0.3) is 0 Å². The van der Waals surface area contributed by atoms with E-state index in [9.17, 15) is 4.79 Å². The fourth-order valence-corrected chi connectivity index (χ4v) is 2.97. The highest BCUT2D eigenvalue weighted by molar-refractivity contribution is 9.10. The normalized spacial score (nSPS) is 19.1. The molecule has 1 heterocycles. The highest BCUT2D eigenvalue weighted by atomic mass is 79.9. The standard InChI is InChI=1S/C12H14BrN3OS/c1-16-6-5-9(12(16)17)15-8-4-2-3-7(13)10(8)11(14)18/h2-4,9,15H,5-6H2,1H3,(H2,14,18). The van der Waals surface area contributed by atoms with Crippen LogP contribution in [0, 0.1) is 0 Å². The van der Waals surface area contributed by atoms with E-state index in [2.05, 4.69) is 21.2 Å². The van der Waals surface area contributed by atoms with Crippen LogP contribution < -0.4 is 11.1 Å². The summed E-state index contributed by atoms with van der Waals surface area (Å²) in [5.74, 6) is 0.101. The minimum Gasteiger partial charge on any atom is -0.389 e. The molecule has 6 heteroatoms. The highest BCUT2D eigenvalue weighted by Gasteiger charge is 2.29. The third-order valence-electron chi connectivity index (χ3n) is 3.02. The Hall–Kier alpha value is -1.14. The number of hydrogen-bond acceptors (Lipinski definition) is 3. The van der Waals surface area contributed by atoms with E-state index in [0.29, 0.717) is 4.99 Å². The average Bonchev–Trinajstić information content (AvgIpc) is 2.60. The second-order valence-corrected chi connectivity index (χ2v) is 5.57. The van der Waals surface area contributed by atoms with Gasteiger partial charge in [0.2, 0.25) is 5.91 Å². The summed E-state index contributed by atoms with van der Waals surface area (Å²) >= 11 is 8.46. The van der Waals surface area contributed by atoms with E-state index in [-0.39, 0.29) is 11.9 Å². The van der Waals surface area contributed by atoms with Crippen LogP contribution in [-0.4, -0.2) is 35.4 Å². The minimum atomic E-state index is -0.197.